The lowest BCUT2D eigenvalue weighted by Crippen LogP contribution is -2.29. The van der Waals surface area contributed by atoms with E-state index in [0.29, 0.717) is 22.8 Å². The van der Waals surface area contributed by atoms with Crippen LogP contribution in [0.15, 0.2) is 294 Å². The molecule has 0 saturated heterocycles. The van der Waals surface area contributed by atoms with Crippen LogP contribution < -0.4 is 29.6 Å². The molecule has 8 aromatic rings. The molecule has 12 rings (SSSR count). The summed E-state index contributed by atoms with van der Waals surface area (Å²) in [6.45, 7) is 3.13. The Kier molecular flexibility index (Phi) is 24.0. The maximum Gasteiger partial charge on any atom is 0.280 e. The van der Waals surface area contributed by atoms with E-state index in [9.17, 15) is 35.5 Å². The lowest BCUT2D eigenvalue weighted by molar-refractivity contribution is -0.462. The smallest absolute Gasteiger partial charge is 0.280 e. The summed E-state index contributed by atoms with van der Waals surface area (Å²) in [6, 6.07) is 56.4. The van der Waals surface area contributed by atoms with Gasteiger partial charge in [0.05, 0.1) is 44.0 Å². The highest BCUT2D eigenvalue weighted by Gasteiger charge is 2.36. The van der Waals surface area contributed by atoms with Crippen molar-refractivity contribution in [1.82, 2.24) is 0 Å². The zero-order valence-electron chi connectivity index (χ0n) is 61.6. The van der Waals surface area contributed by atoms with Crippen molar-refractivity contribution in [3.8, 4) is 11.1 Å². The van der Waals surface area contributed by atoms with Crippen molar-refractivity contribution < 1.29 is 44.7 Å². The molecule has 0 fully saturated rings. The number of hydrogen-bond acceptors (Lipinski definition) is 18. The van der Waals surface area contributed by atoms with Crippen LogP contribution in [-0.4, -0.2) is 166 Å². The quantitative estimate of drug-likeness (QED) is 0.0469. The predicted octanol–water partition coefficient (Wildman–Crippen LogP) is 13.8. The Morgan fingerprint density at radius 3 is 0.915 bits per heavy atom. The van der Waals surface area contributed by atoms with Gasteiger partial charge in [0.15, 0.2) is 23.5 Å². The van der Waals surface area contributed by atoms with Crippen molar-refractivity contribution in [2.24, 2.45) is 30.7 Å². The molecular formula is C82H84N14O8S2. The van der Waals surface area contributed by atoms with Crippen molar-refractivity contribution in [3.05, 3.63) is 276 Å². The number of anilines is 6. The highest BCUT2D eigenvalue weighted by Crippen LogP contribution is 2.39. The fraction of sp³-hybridized carbons (Fsp3) is 0.195. The molecule has 2 unspecified atom stereocenters. The molecule has 0 spiro atoms. The molecule has 2 atom stereocenters. The predicted molar refractivity (Wildman–Crippen MR) is 424 cm³/mol. The first-order chi connectivity index (χ1) is 50.4. The number of benzene rings is 8. The number of amides is 2. The van der Waals surface area contributed by atoms with Crippen LogP contribution >= 0.6 is 0 Å². The van der Waals surface area contributed by atoms with Gasteiger partial charge in [-0.25, -0.2) is 26.0 Å². The summed E-state index contributed by atoms with van der Waals surface area (Å²) < 4.78 is 78.6. The van der Waals surface area contributed by atoms with E-state index in [2.05, 4.69) is 290 Å². The zero-order chi connectivity index (χ0) is 76.3. The number of carbonyl (C=O) groups excluding carboxylic acids is 2. The Labute approximate surface area is 620 Å². The Balaban J connectivity index is 0.000000183. The minimum absolute atomic E-state index is 0.151. The van der Waals surface area contributed by atoms with Gasteiger partial charge >= 0.3 is 0 Å². The maximum absolute atomic E-state index is 13.0. The van der Waals surface area contributed by atoms with Gasteiger partial charge in [-0.1, -0.05) is 97.1 Å². The van der Waals surface area contributed by atoms with Crippen LogP contribution in [0, 0.1) is 0 Å². The van der Waals surface area contributed by atoms with Gasteiger partial charge in [-0.2, -0.15) is 40.7 Å². The van der Waals surface area contributed by atoms with Crippen molar-refractivity contribution >= 4 is 112 Å². The van der Waals surface area contributed by atoms with Crippen LogP contribution in [0.25, 0.3) is 22.3 Å². The highest BCUT2D eigenvalue weighted by atomic mass is 32.2. The second kappa shape index (κ2) is 33.2. The Hall–Kier alpha value is -12.0. The van der Waals surface area contributed by atoms with Gasteiger partial charge < -0.3 is 28.7 Å². The first kappa shape index (κ1) is 76.7. The van der Waals surface area contributed by atoms with E-state index in [4.69, 9.17) is 0 Å². The van der Waals surface area contributed by atoms with E-state index in [1.54, 1.807) is 74.5 Å². The van der Waals surface area contributed by atoms with Crippen LogP contribution in [0.1, 0.15) is 36.1 Å². The summed E-state index contributed by atoms with van der Waals surface area (Å²) in [5, 5.41) is 26.7. The molecule has 2 heterocycles. The molecule has 2 aliphatic heterocycles. The Bertz CT molecular complexity index is 4790. The molecule has 0 bridgehead atoms. The van der Waals surface area contributed by atoms with Crippen LogP contribution in [0.2, 0.25) is 0 Å². The van der Waals surface area contributed by atoms with Crippen LogP contribution in [0.4, 0.5) is 45.5 Å². The molecule has 0 aromatic heterocycles. The fourth-order valence-corrected chi connectivity index (χ4v) is 13.1. The minimum Gasteiger partial charge on any atom is -0.744 e. The molecule has 2 aliphatic carbocycles. The number of nitrogens with zero attached hydrogens (tertiary/aromatic N) is 14. The van der Waals surface area contributed by atoms with E-state index < -0.39 is 65.1 Å². The monoisotopic (exact) mass is 1460 g/mol. The van der Waals surface area contributed by atoms with Crippen molar-refractivity contribution in [1.29, 1.82) is 0 Å². The van der Waals surface area contributed by atoms with Gasteiger partial charge in [-0.3, -0.25) is 9.59 Å². The molecule has 106 heavy (non-hydrogen) atoms. The Morgan fingerprint density at radius 2 is 0.670 bits per heavy atom. The summed E-state index contributed by atoms with van der Waals surface area (Å²) in [6.07, 6.45) is 17.6. The van der Waals surface area contributed by atoms with Gasteiger partial charge in [0.1, 0.15) is 48.4 Å². The Morgan fingerprint density at radius 1 is 0.396 bits per heavy atom. The lowest BCUT2D eigenvalue weighted by Gasteiger charge is -2.18. The number of azo groups is 2. The van der Waals surface area contributed by atoms with E-state index in [1.165, 1.54) is 90.9 Å². The topological polar surface area (TPSA) is 248 Å². The SMILES string of the molecule is CC1=NN(c2ccccc2)C(=O)C1N=Nc1ccc(-c2ccc(N=NC3C(=O)N(c4ccccc4)N=C3C)cc2S(=O)(=O)[O-])c(S(=O)(=O)[O-])c1.CN(C)c1ccc(C(=C2C=CC(=[N+](C)C)C=C2)c2ccc(N(C)C)cc2)cc1.CN(C)c1ccc(C(=C2C=CC(=[N+](C)C)C=C2)c2ccc(N(C)C)cc2)cc1. The van der Waals surface area contributed by atoms with E-state index in [1.807, 2.05) is 0 Å². The number of allylic oxidation sites excluding steroid dienone is 10. The first-order valence-electron chi connectivity index (χ1n) is 33.8. The summed E-state index contributed by atoms with van der Waals surface area (Å²) in [7, 11) is 14.3. The normalized spacial score (nSPS) is 15.5. The third kappa shape index (κ3) is 18.3. The summed E-state index contributed by atoms with van der Waals surface area (Å²) >= 11 is 0. The molecule has 24 heteroatoms. The third-order valence-electron chi connectivity index (χ3n) is 17.6. The second-order valence-electron chi connectivity index (χ2n) is 26.4. The van der Waals surface area contributed by atoms with Gasteiger partial charge in [0.25, 0.3) is 11.8 Å². The fourth-order valence-electron chi connectivity index (χ4n) is 11.7. The van der Waals surface area contributed by atoms with Gasteiger partial charge in [-0.05, 0) is 180 Å². The van der Waals surface area contributed by atoms with E-state index >= 15 is 0 Å². The van der Waals surface area contributed by atoms with Crippen LogP contribution in [-0.2, 0) is 29.8 Å². The van der Waals surface area contributed by atoms with Crippen molar-refractivity contribution in [2.75, 3.05) is 114 Å². The third-order valence-corrected chi connectivity index (χ3v) is 19.3. The number of para-hydroxylation sites is 2. The lowest BCUT2D eigenvalue weighted by atomic mass is 9.90. The molecule has 2 amide bonds. The van der Waals surface area contributed by atoms with Gasteiger partial charge in [0, 0.05) is 115 Å². The second-order valence-corrected chi connectivity index (χ2v) is 29.1. The number of hydrogen-bond donors (Lipinski definition) is 0. The number of carbonyl (C=O) groups is 2. The molecule has 8 aromatic carbocycles. The number of hydrazone groups is 2. The van der Waals surface area contributed by atoms with Gasteiger partial charge in [-0.15, -0.1) is 0 Å². The molecule has 542 valence electrons. The highest BCUT2D eigenvalue weighted by molar-refractivity contribution is 7.86. The van der Waals surface area contributed by atoms with Crippen molar-refractivity contribution in [2.45, 2.75) is 35.7 Å². The standard InChI is InChI=1S/C32H26N8O8S2.2C25H30N3/c1-19-29(31(41)39(37-19)23-9-5-3-6-10-23)35-33-21-13-15-25(27(17-21)49(43,44)45)26-16-14-22(18-28(26)50(46,47)48)34-36-30-20(2)38-40(32(30)42)24-11-7-4-8-12-24;2*1-26(2)22-13-7-19(8-14-22)25(20-9-15-23(16-10-20)27(3)4)21-11-17-24(18-12-21)28(5)6/h3-18,29-30H,1-2H3,(H,43,44,45)(H,46,47,48);2*7-18H,1-6H3/q;2*+1/p-2. The molecule has 22 nitrogen and oxygen atoms in total. The summed E-state index contributed by atoms with van der Waals surface area (Å²) in [5.74, 6) is -1.02. The molecule has 4 aliphatic rings. The largest absolute Gasteiger partial charge is 0.744 e. The average Bonchev–Trinajstić information content (AvgIpc) is 1.08. The van der Waals surface area contributed by atoms with Crippen LogP contribution in [0.5, 0.6) is 0 Å². The van der Waals surface area contributed by atoms with E-state index in [-0.39, 0.29) is 11.4 Å². The van der Waals surface area contributed by atoms with Crippen LogP contribution in [0.3, 0.4) is 0 Å². The molecule has 0 saturated carbocycles. The summed E-state index contributed by atoms with van der Waals surface area (Å²) in [4.78, 5) is 32.7. The molecule has 0 radical (unpaired) electrons. The minimum atomic E-state index is -5.29. The van der Waals surface area contributed by atoms with E-state index in [0.717, 1.165) is 34.3 Å². The molecular weight excluding hydrogens is 1370 g/mol. The average molecular weight is 1460 g/mol. The maximum atomic E-state index is 13.0. The molecule has 0 N–H and O–H groups in total. The first-order valence-corrected chi connectivity index (χ1v) is 36.6. The number of rotatable bonds is 17. The summed E-state index contributed by atoms with van der Waals surface area (Å²) in [5.41, 5.74) is 17.6. The van der Waals surface area contributed by atoms with Gasteiger partial charge in [0.2, 0.25) is 0 Å². The zero-order valence-corrected chi connectivity index (χ0v) is 63.2. The van der Waals surface area contributed by atoms with Crippen molar-refractivity contribution in [3.63, 3.8) is 0 Å².